The fourth-order valence-corrected chi connectivity index (χ4v) is 1.83. The number of aryl methyl sites for hydroxylation is 1. The van der Waals surface area contributed by atoms with Crippen molar-refractivity contribution in [3.05, 3.63) is 64.2 Å². The molecule has 0 aliphatic heterocycles. The normalized spacial score (nSPS) is 12.5. The van der Waals surface area contributed by atoms with E-state index in [1.165, 1.54) is 12.3 Å². The van der Waals surface area contributed by atoms with Crippen LogP contribution in [0.1, 0.15) is 22.9 Å². The van der Waals surface area contributed by atoms with E-state index in [2.05, 4.69) is 4.98 Å². The number of rotatable bonds is 3. The second-order valence-electron chi connectivity index (χ2n) is 4.53. The second-order valence-corrected chi connectivity index (χ2v) is 4.53. The van der Waals surface area contributed by atoms with Crippen molar-refractivity contribution in [3.63, 3.8) is 0 Å². The number of pyridine rings is 1. The minimum atomic E-state index is -2.26. The molecule has 1 atom stereocenters. The first-order valence-electron chi connectivity index (χ1n) is 5.93. The quantitative estimate of drug-likeness (QED) is 0.536. The molecule has 1 aromatic carbocycles. The zero-order valence-electron chi connectivity index (χ0n) is 10.8. The molecule has 2 rings (SSSR count). The molecule has 7 heteroatoms. The van der Waals surface area contributed by atoms with Gasteiger partial charge in [-0.15, -0.1) is 0 Å². The molecule has 0 saturated heterocycles. The number of halogens is 5. The molecule has 0 fully saturated rings. The maximum absolute atomic E-state index is 13.5. The highest BCUT2D eigenvalue weighted by molar-refractivity contribution is 5.27. The van der Waals surface area contributed by atoms with E-state index in [0.717, 1.165) is 5.56 Å². The molecule has 1 N–H and O–H groups in total. The van der Waals surface area contributed by atoms with Crippen molar-refractivity contribution in [2.45, 2.75) is 19.4 Å². The molecule has 0 radical (unpaired) electrons. The van der Waals surface area contributed by atoms with Crippen LogP contribution in [0, 0.1) is 36.0 Å². The Morgan fingerprint density at radius 1 is 0.952 bits per heavy atom. The Kier molecular flexibility index (Phi) is 4.22. The first-order valence-corrected chi connectivity index (χ1v) is 5.93. The van der Waals surface area contributed by atoms with Crippen LogP contribution in [0.2, 0.25) is 0 Å². The van der Waals surface area contributed by atoms with Crippen LogP contribution in [0.25, 0.3) is 0 Å². The van der Waals surface area contributed by atoms with E-state index < -0.39 is 40.8 Å². The Hall–Kier alpha value is -2.02. The Morgan fingerprint density at radius 3 is 1.95 bits per heavy atom. The summed E-state index contributed by atoms with van der Waals surface area (Å²) in [6.45, 7) is 1.76. The number of benzene rings is 1. The number of aliphatic hydroxyl groups excluding tert-OH is 1. The van der Waals surface area contributed by atoms with E-state index in [1.54, 1.807) is 13.0 Å². The zero-order valence-corrected chi connectivity index (χ0v) is 10.8. The highest BCUT2D eigenvalue weighted by Crippen LogP contribution is 2.29. The lowest BCUT2D eigenvalue weighted by atomic mass is 10.0. The van der Waals surface area contributed by atoms with Gasteiger partial charge in [0.2, 0.25) is 5.82 Å². The molecule has 0 amide bonds. The van der Waals surface area contributed by atoms with Crippen molar-refractivity contribution in [2.24, 2.45) is 0 Å². The van der Waals surface area contributed by atoms with Crippen molar-refractivity contribution in [3.8, 4) is 0 Å². The van der Waals surface area contributed by atoms with Gasteiger partial charge in [0.15, 0.2) is 23.3 Å². The van der Waals surface area contributed by atoms with Crippen LogP contribution in [0.4, 0.5) is 22.0 Å². The van der Waals surface area contributed by atoms with Gasteiger partial charge in [-0.1, -0.05) is 6.07 Å². The van der Waals surface area contributed by atoms with E-state index in [-0.39, 0.29) is 12.1 Å². The third-order valence-corrected chi connectivity index (χ3v) is 2.95. The van der Waals surface area contributed by atoms with E-state index in [0.29, 0.717) is 0 Å². The fraction of sp³-hybridized carbons (Fsp3) is 0.214. The van der Waals surface area contributed by atoms with Gasteiger partial charge in [0.1, 0.15) is 0 Å². The van der Waals surface area contributed by atoms with Crippen molar-refractivity contribution >= 4 is 0 Å². The molecule has 1 unspecified atom stereocenters. The summed E-state index contributed by atoms with van der Waals surface area (Å²) in [5.41, 5.74) is -0.171. The smallest absolute Gasteiger partial charge is 0.200 e. The Balaban J connectivity index is 2.39. The first kappa shape index (κ1) is 15.4. The summed E-state index contributed by atoms with van der Waals surface area (Å²) in [6, 6.07) is 3.14. The standard InChI is InChI=1S/C14H10F5NO/c1-6-2-3-7(20-5-6)4-8(21)9-10(15)12(17)14(19)13(18)11(9)16/h2-3,5,8,21H,4H2,1H3. The highest BCUT2D eigenvalue weighted by Gasteiger charge is 2.29. The average Bonchev–Trinajstić information content (AvgIpc) is 2.46. The van der Waals surface area contributed by atoms with Crippen molar-refractivity contribution in [1.29, 1.82) is 0 Å². The molecule has 2 nitrogen and oxygen atoms in total. The molecule has 0 saturated carbocycles. The largest absolute Gasteiger partial charge is 0.388 e. The molecule has 0 aliphatic carbocycles. The second kappa shape index (κ2) is 5.77. The summed E-state index contributed by atoms with van der Waals surface area (Å²) >= 11 is 0. The number of nitrogens with zero attached hydrogens (tertiary/aromatic N) is 1. The van der Waals surface area contributed by atoms with Gasteiger partial charge >= 0.3 is 0 Å². The van der Waals surface area contributed by atoms with E-state index >= 15 is 0 Å². The number of aliphatic hydroxyl groups is 1. The topological polar surface area (TPSA) is 33.1 Å². The van der Waals surface area contributed by atoms with Gasteiger partial charge in [0.25, 0.3) is 0 Å². The minimum Gasteiger partial charge on any atom is -0.388 e. The molecule has 0 bridgehead atoms. The van der Waals surface area contributed by atoms with Gasteiger partial charge in [-0.3, -0.25) is 4.98 Å². The molecule has 1 aromatic heterocycles. The molecule has 1 heterocycles. The Bertz CT molecular complexity index is 643. The Morgan fingerprint density at radius 2 is 1.48 bits per heavy atom. The summed E-state index contributed by atoms with van der Waals surface area (Å²) < 4.78 is 66.1. The molecular formula is C14H10F5NO. The predicted molar refractivity (Wildman–Crippen MR) is 63.9 cm³/mol. The van der Waals surface area contributed by atoms with Gasteiger partial charge in [-0.25, -0.2) is 22.0 Å². The molecule has 0 spiro atoms. The molecule has 2 aromatic rings. The maximum Gasteiger partial charge on any atom is 0.200 e. The van der Waals surface area contributed by atoms with Crippen molar-refractivity contribution < 1.29 is 27.1 Å². The number of aromatic nitrogens is 1. The summed E-state index contributed by atoms with van der Waals surface area (Å²) in [4.78, 5) is 3.90. The summed E-state index contributed by atoms with van der Waals surface area (Å²) in [5, 5.41) is 9.77. The van der Waals surface area contributed by atoms with E-state index in [9.17, 15) is 27.1 Å². The lowest BCUT2D eigenvalue weighted by Gasteiger charge is -2.14. The lowest BCUT2D eigenvalue weighted by molar-refractivity contribution is 0.162. The van der Waals surface area contributed by atoms with Crippen LogP contribution in [0.3, 0.4) is 0 Å². The Labute approximate surface area is 116 Å². The highest BCUT2D eigenvalue weighted by atomic mass is 19.2. The lowest BCUT2D eigenvalue weighted by Crippen LogP contribution is -2.13. The third kappa shape index (κ3) is 2.87. The summed E-state index contributed by atoms with van der Waals surface area (Å²) in [5.74, 6) is -10.5. The molecule has 21 heavy (non-hydrogen) atoms. The van der Waals surface area contributed by atoms with Crippen LogP contribution in [-0.4, -0.2) is 10.1 Å². The molecule has 112 valence electrons. The van der Waals surface area contributed by atoms with Gasteiger partial charge in [0.05, 0.1) is 11.7 Å². The predicted octanol–water partition coefficient (Wildman–Crippen LogP) is 3.36. The minimum absolute atomic E-state index is 0.261. The molecular weight excluding hydrogens is 293 g/mol. The van der Waals surface area contributed by atoms with E-state index in [4.69, 9.17) is 0 Å². The molecule has 0 aliphatic rings. The number of hydrogen-bond donors (Lipinski definition) is 1. The van der Waals surface area contributed by atoms with Gasteiger partial charge in [-0.05, 0) is 18.6 Å². The summed E-state index contributed by atoms with van der Waals surface area (Å²) in [6.07, 6.45) is -0.816. The average molecular weight is 303 g/mol. The fourth-order valence-electron chi connectivity index (χ4n) is 1.83. The SMILES string of the molecule is Cc1ccc(CC(O)c2c(F)c(F)c(F)c(F)c2F)nc1. The van der Waals surface area contributed by atoms with Crippen molar-refractivity contribution in [1.82, 2.24) is 4.98 Å². The van der Waals surface area contributed by atoms with Crippen LogP contribution >= 0.6 is 0 Å². The monoisotopic (exact) mass is 303 g/mol. The van der Waals surface area contributed by atoms with Gasteiger partial charge < -0.3 is 5.11 Å². The number of hydrogen-bond acceptors (Lipinski definition) is 2. The summed E-state index contributed by atoms with van der Waals surface area (Å²) in [7, 11) is 0. The van der Waals surface area contributed by atoms with Crippen LogP contribution in [-0.2, 0) is 6.42 Å². The van der Waals surface area contributed by atoms with Crippen LogP contribution < -0.4 is 0 Å². The maximum atomic E-state index is 13.5. The zero-order chi connectivity index (χ0) is 15.7. The van der Waals surface area contributed by atoms with Gasteiger partial charge in [-0.2, -0.15) is 0 Å². The van der Waals surface area contributed by atoms with Crippen molar-refractivity contribution in [2.75, 3.05) is 0 Å². The van der Waals surface area contributed by atoms with Gasteiger partial charge in [0, 0.05) is 18.3 Å². The third-order valence-electron chi connectivity index (χ3n) is 2.95. The first-order chi connectivity index (χ1) is 9.82. The van der Waals surface area contributed by atoms with Crippen LogP contribution in [0.15, 0.2) is 18.3 Å². The van der Waals surface area contributed by atoms with Crippen LogP contribution in [0.5, 0.6) is 0 Å². The van der Waals surface area contributed by atoms with E-state index in [1.807, 2.05) is 0 Å².